The lowest BCUT2D eigenvalue weighted by atomic mass is 9.87. The van der Waals surface area contributed by atoms with E-state index in [9.17, 15) is 0 Å². The summed E-state index contributed by atoms with van der Waals surface area (Å²) in [5.41, 5.74) is 9.37. The lowest BCUT2D eigenvalue weighted by Gasteiger charge is -2.20. The molecular weight excluding hydrogens is 492 g/mol. The molecule has 0 bridgehead atoms. The summed E-state index contributed by atoms with van der Waals surface area (Å²) in [6.45, 7) is 3.78. The average Bonchev–Trinajstić information content (AvgIpc) is 3.40. The second-order valence-corrected chi connectivity index (χ2v) is 10.2. The number of hydrogen-bond acceptors (Lipinski definition) is 5. The normalized spacial score (nSPS) is 15.1. The van der Waals surface area contributed by atoms with Crippen molar-refractivity contribution in [3.63, 3.8) is 0 Å². The molecule has 3 aromatic carbocycles. The molecule has 6 nitrogen and oxygen atoms in total. The predicted molar refractivity (Wildman–Crippen MR) is 161 cm³/mol. The fraction of sp³-hybridized carbons (Fsp3) is 0.176. The fourth-order valence-corrected chi connectivity index (χ4v) is 5.08. The summed E-state index contributed by atoms with van der Waals surface area (Å²) in [7, 11) is 0. The molecule has 1 unspecified atom stereocenters. The molecule has 6 rings (SSSR count). The zero-order valence-electron chi connectivity index (χ0n) is 22.6. The summed E-state index contributed by atoms with van der Waals surface area (Å²) in [6, 6.07) is 32.0. The first-order valence-corrected chi connectivity index (χ1v) is 13.8. The Hall–Kier alpha value is -4.84. The first-order valence-electron chi connectivity index (χ1n) is 13.8. The summed E-state index contributed by atoms with van der Waals surface area (Å²) in [4.78, 5) is 4.17. The van der Waals surface area contributed by atoms with Gasteiger partial charge in [-0.2, -0.15) is 5.10 Å². The van der Waals surface area contributed by atoms with Crippen molar-refractivity contribution in [2.75, 3.05) is 6.54 Å². The Balaban J connectivity index is 1.13. The Kier molecular flexibility index (Phi) is 7.57. The molecule has 6 heteroatoms. The summed E-state index contributed by atoms with van der Waals surface area (Å²) in [5, 5.41) is 15.5. The quantitative estimate of drug-likeness (QED) is 0.220. The lowest BCUT2D eigenvalue weighted by Crippen LogP contribution is -2.14. The first-order chi connectivity index (χ1) is 19.7. The van der Waals surface area contributed by atoms with Gasteiger partial charge in [-0.1, -0.05) is 91.0 Å². The van der Waals surface area contributed by atoms with Gasteiger partial charge in [0.25, 0.3) is 0 Å². The minimum absolute atomic E-state index is 0.383. The average molecular weight is 525 g/mol. The van der Waals surface area contributed by atoms with E-state index in [1.807, 2.05) is 23.0 Å². The molecule has 0 N–H and O–H groups in total. The van der Waals surface area contributed by atoms with Crippen molar-refractivity contribution in [2.45, 2.75) is 26.3 Å². The maximum atomic E-state index is 4.78. The summed E-state index contributed by atoms with van der Waals surface area (Å²) in [6.07, 6.45) is 11.7. The van der Waals surface area contributed by atoms with Gasteiger partial charge in [0.2, 0.25) is 0 Å². The summed E-state index contributed by atoms with van der Waals surface area (Å²) >= 11 is 0. The maximum Gasteiger partial charge on any atom is 0.114 e. The highest BCUT2D eigenvalue weighted by atomic mass is 15.4. The smallest absolute Gasteiger partial charge is 0.114 e. The van der Waals surface area contributed by atoms with Crippen LogP contribution in [0.25, 0.3) is 28.0 Å². The van der Waals surface area contributed by atoms with Crippen LogP contribution in [0.4, 0.5) is 0 Å². The fourth-order valence-electron chi connectivity index (χ4n) is 5.08. The molecule has 0 saturated carbocycles. The van der Waals surface area contributed by atoms with Crippen LogP contribution in [0.15, 0.2) is 121 Å². The van der Waals surface area contributed by atoms with Crippen molar-refractivity contribution in [3.05, 3.63) is 132 Å². The van der Waals surface area contributed by atoms with E-state index in [0.717, 1.165) is 30.6 Å². The van der Waals surface area contributed by atoms with E-state index in [2.05, 4.69) is 119 Å². The molecular formula is C34H32N6. The molecule has 0 amide bonds. The van der Waals surface area contributed by atoms with Gasteiger partial charge < -0.3 is 0 Å². The van der Waals surface area contributed by atoms with Crippen LogP contribution in [0.5, 0.6) is 0 Å². The van der Waals surface area contributed by atoms with Crippen LogP contribution >= 0.6 is 0 Å². The van der Waals surface area contributed by atoms with Crippen LogP contribution in [0, 0.1) is 5.92 Å². The third-order valence-corrected chi connectivity index (χ3v) is 7.32. The van der Waals surface area contributed by atoms with Gasteiger partial charge in [-0.3, -0.25) is 9.99 Å². The summed E-state index contributed by atoms with van der Waals surface area (Å²) in [5.74, 6) is 0.383. The SMILES string of the molecule is CC1CC=NN(CCc2ccc(Cn3cc(-c4cccnc4)nn3)cc2)C=C1c1ccccc1-c1ccccc1. The Labute approximate surface area is 235 Å². The van der Waals surface area contributed by atoms with E-state index < -0.39 is 0 Å². The largest absolute Gasteiger partial charge is 0.272 e. The molecule has 3 heterocycles. The van der Waals surface area contributed by atoms with Crippen LogP contribution in [-0.4, -0.2) is 37.7 Å². The molecule has 0 aliphatic carbocycles. The third kappa shape index (κ3) is 5.91. The second-order valence-electron chi connectivity index (χ2n) is 10.2. The zero-order valence-corrected chi connectivity index (χ0v) is 22.6. The van der Waals surface area contributed by atoms with Gasteiger partial charge in [-0.05, 0) is 64.3 Å². The number of pyridine rings is 1. The van der Waals surface area contributed by atoms with Crippen molar-refractivity contribution < 1.29 is 0 Å². The van der Waals surface area contributed by atoms with Gasteiger partial charge in [-0.25, -0.2) is 4.68 Å². The van der Waals surface area contributed by atoms with E-state index in [4.69, 9.17) is 5.10 Å². The van der Waals surface area contributed by atoms with E-state index in [-0.39, 0.29) is 0 Å². The number of hydrazone groups is 1. The van der Waals surface area contributed by atoms with Crippen LogP contribution in [0.3, 0.4) is 0 Å². The maximum absolute atomic E-state index is 4.78. The van der Waals surface area contributed by atoms with E-state index in [0.29, 0.717) is 12.5 Å². The topological polar surface area (TPSA) is 59.2 Å². The van der Waals surface area contributed by atoms with E-state index >= 15 is 0 Å². The molecule has 0 spiro atoms. The van der Waals surface area contributed by atoms with Crippen LogP contribution in [-0.2, 0) is 13.0 Å². The minimum Gasteiger partial charge on any atom is -0.272 e. The molecule has 1 aliphatic rings. The van der Waals surface area contributed by atoms with Crippen molar-refractivity contribution >= 4 is 11.8 Å². The second kappa shape index (κ2) is 11.9. The number of nitrogens with zero attached hydrogens (tertiary/aromatic N) is 6. The predicted octanol–water partition coefficient (Wildman–Crippen LogP) is 6.97. The molecule has 0 radical (unpaired) electrons. The highest BCUT2D eigenvalue weighted by Crippen LogP contribution is 2.35. The van der Waals surface area contributed by atoms with E-state index in [1.165, 1.54) is 33.4 Å². The Bertz CT molecular complexity index is 1600. The zero-order chi connectivity index (χ0) is 27.1. The number of hydrogen-bond donors (Lipinski definition) is 0. The molecule has 0 fully saturated rings. The lowest BCUT2D eigenvalue weighted by molar-refractivity contribution is 0.407. The third-order valence-electron chi connectivity index (χ3n) is 7.32. The number of benzene rings is 3. The van der Waals surface area contributed by atoms with Gasteiger partial charge in [0, 0.05) is 36.9 Å². The molecule has 1 atom stereocenters. The molecule has 2 aromatic heterocycles. The molecule has 198 valence electrons. The molecule has 40 heavy (non-hydrogen) atoms. The molecule has 0 saturated heterocycles. The van der Waals surface area contributed by atoms with Crippen LogP contribution in [0.1, 0.15) is 30.0 Å². The summed E-state index contributed by atoms with van der Waals surface area (Å²) < 4.78 is 1.87. The Morgan fingerprint density at radius 2 is 1.55 bits per heavy atom. The number of rotatable bonds is 8. The standard InChI is InChI=1S/C34H32N6/c1-26-17-20-36-39(24-33(26)32-12-6-5-11-31(32)29-8-3-2-4-9-29)21-18-27-13-15-28(16-14-27)23-40-25-34(37-38-40)30-10-7-19-35-22-30/h2-16,19-20,22,24-26H,17-18,21,23H2,1H3. The van der Waals surface area contributed by atoms with Crippen LogP contribution < -0.4 is 0 Å². The van der Waals surface area contributed by atoms with Gasteiger partial charge in [0.15, 0.2) is 0 Å². The van der Waals surface area contributed by atoms with Crippen molar-refractivity contribution in [1.29, 1.82) is 0 Å². The Morgan fingerprint density at radius 3 is 2.35 bits per heavy atom. The van der Waals surface area contributed by atoms with Gasteiger partial charge in [0.1, 0.15) is 5.69 Å². The van der Waals surface area contributed by atoms with Gasteiger partial charge in [0.05, 0.1) is 12.7 Å². The highest BCUT2D eigenvalue weighted by Gasteiger charge is 2.18. The molecule has 5 aromatic rings. The van der Waals surface area contributed by atoms with Crippen molar-refractivity contribution in [1.82, 2.24) is 25.0 Å². The number of allylic oxidation sites excluding steroid dienone is 1. The minimum atomic E-state index is 0.383. The van der Waals surface area contributed by atoms with Crippen LogP contribution in [0.2, 0.25) is 0 Å². The number of aromatic nitrogens is 4. The van der Waals surface area contributed by atoms with Crippen molar-refractivity contribution in [3.8, 4) is 22.4 Å². The van der Waals surface area contributed by atoms with Gasteiger partial charge >= 0.3 is 0 Å². The van der Waals surface area contributed by atoms with E-state index in [1.54, 1.807) is 12.4 Å². The van der Waals surface area contributed by atoms with Crippen molar-refractivity contribution in [2.24, 2.45) is 11.0 Å². The first kappa shape index (κ1) is 25.4. The monoisotopic (exact) mass is 524 g/mol. The molecule has 1 aliphatic heterocycles. The Morgan fingerprint density at radius 1 is 0.800 bits per heavy atom. The van der Waals surface area contributed by atoms with Gasteiger partial charge in [-0.15, -0.1) is 5.10 Å². The highest BCUT2D eigenvalue weighted by molar-refractivity contribution is 5.83.